The number of amides is 1. The van der Waals surface area contributed by atoms with Crippen molar-refractivity contribution in [1.82, 2.24) is 24.8 Å². The Morgan fingerprint density at radius 3 is 2.64 bits per heavy atom. The van der Waals surface area contributed by atoms with E-state index in [4.69, 9.17) is 36.0 Å². The predicted octanol–water partition coefficient (Wildman–Crippen LogP) is 5.39. The molecule has 12 heteroatoms. The maximum atomic E-state index is 13.8. The average Bonchev–Trinajstić information content (AvgIpc) is 3.46. The van der Waals surface area contributed by atoms with Gasteiger partial charge in [-0.05, 0) is 43.5 Å². The fourth-order valence-corrected chi connectivity index (χ4v) is 6.61. The van der Waals surface area contributed by atoms with Crippen LogP contribution in [-0.2, 0) is 4.79 Å². The number of carbonyl (C=O) groups is 1. The lowest BCUT2D eigenvalue weighted by Gasteiger charge is -2.41. The van der Waals surface area contributed by atoms with Gasteiger partial charge in [-0.25, -0.2) is 9.37 Å². The highest BCUT2D eigenvalue weighted by Gasteiger charge is 2.34. The fraction of sp³-hybridized carbons (Fsp3) is 0.364. The number of methoxy groups -OCH3 is 1. The molecule has 0 spiro atoms. The maximum Gasteiger partial charge on any atom is 0.319 e. The number of nitriles is 1. The number of benzene rings is 2. The summed E-state index contributed by atoms with van der Waals surface area (Å²) in [5, 5.41) is 12.0. The molecule has 2 aromatic carbocycles. The summed E-state index contributed by atoms with van der Waals surface area (Å²) in [7, 11) is 3.66. The Morgan fingerprint density at radius 1 is 1.13 bits per heavy atom. The minimum atomic E-state index is -1.06. The van der Waals surface area contributed by atoms with Gasteiger partial charge in [0.15, 0.2) is 17.4 Å². The summed E-state index contributed by atoms with van der Waals surface area (Å²) in [6.07, 6.45) is 3.84. The van der Waals surface area contributed by atoms with E-state index in [-0.39, 0.29) is 31.6 Å². The molecule has 2 aliphatic rings. The molecule has 2 aromatic heterocycles. The zero-order valence-electron chi connectivity index (χ0n) is 25.2. The van der Waals surface area contributed by atoms with Crippen molar-refractivity contribution >= 4 is 45.1 Å². The predicted molar refractivity (Wildman–Crippen MR) is 171 cm³/mol. The molecule has 2 atom stereocenters. The zero-order chi connectivity index (χ0) is 31.7. The molecule has 232 valence electrons. The number of nitrogens with zero attached hydrogens (tertiary/aromatic N) is 7. The Kier molecular flexibility index (Phi) is 8.70. The third kappa shape index (κ3) is 5.83. The summed E-state index contributed by atoms with van der Waals surface area (Å²) in [5.41, 5.74) is 2.46. The molecule has 1 amide bonds. The minimum Gasteiger partial charge on any atom is -0.494 e. The van der Waals surface area contributed by atoms with Crippen LogP contribution in [0.2, 0.25) is 5.02 Å². The number of carbonyl (C=O) groups excluding carboxylic acids is 1. The van der Waals surface area contributed by atoms with Crippen molar-refractivity contribution in [3.8, 4) is 29.0 Å². The van der Waals surface area contributed by atoms with Gasteiger partial charge < -0.3 is 24.2 Å². The second kappa shape index (κ2) is 12.8. The Morgan fingerprint density at radius 2 is 1.93 bits per heavy atom. The Hall–Kier alpha value is -4.53. The number of fused-ring (bicyclic) bond motifs is 2. The number of hydrogen-bond donors (Lipinski definition) is 0. The number of likely N-dealkylation sites (tertiary alicyclic amines) is 1. The number of halogens is 2. The van der Waals surface area contributed by atoms with Gasteiger partial charge in [0, 0.05) is 47.8 Å². The van der Waals surface area contributed by atoms with Gasteiger partial charge in [0.25, 0.3) is 5.91 Å². The van der Waals surface area contributed by atoms with E-state index < -0.39 is 17.8 Å². The summed E-state index contributed by atoms with van der Waals surface area (Å²) in [4.78, 5) is 32.6. The summed E-state index contributed by atoms with van der Waals surface area (Å²) in [6, 6.07) is 13.6. The van der Waals surface area contributed by atoms with Crippen LogP contribution in [0.4, 0.5) is 10.2 Å². The number of hydrogen-bond acceptors (Lipinski definition) is 9. The number of rotatable bonds is 8. The molecule has 0 radical (unpaired) electrons. The van der Waals surface area contributed by atoms with Gasteiger partial charge in [0.1, 0.15) is 17.6 Å². The van der Waals surface area contributed by atoms with Crippen LogP contribution >= 0.6 is 11.6 Å². The van der Waals surface area contributed by atoms with Crippen LogP contribution < -0.4 is 14.4 Å². The van der Waals surface area contributed by atoms with Crippen LogP contribution in [0.3, 0.4) is 0 Å². The van der Waals surface area contributed by atoms with Gasteiger partial charge >= 0.3 is 6.01 Å². The van der Waals surface area contributed by atoms with Crippen LogP contribution in [0.5, 0.6) is 11.8 Å². The Bertz CT molecular complexity index is 1820. The number of piperazine rings is 1. The minimum absolute atomic E-state index is 0.0125. The number of anilines is 1. The number of aromatic nitrogens is 3. The summed E-state index contributed by atoms with van der Waals surface area (Å²) < 4.78 is 26.1. The molecule has 0 saturated carbocycles. The van der Waals surface area contributed by atoms with Crippen LogP contribution in [-0.4, -0.2) is 89.7 Å². The van der Waals surface area contributed by atoms with Crippen LogP contribution in [0.1, 0.15) is 19.3 Å². The molecule has 2 aliphatic heterocycles. The van der Waals surface area contributed by atoms with Crippen molar-refractivity contribution in [3.63, 3.8) is 0 Å². The quantitative estimate of drug-likeness (QED) is 0.237. The third-order valence-corrected chi connectivity index (χ3v) is 8.97. The van der Waals surface area contributed by atoms with E-state index in [9.17, 15) is 14.4 Å². The smallest absolute Gasteiger partial charge is 0.319 e. The highest BCUT2D eigenvalue weighted by Crippen LogP contribution is 2.42. The molecule has 2 saturated heterocycles. The Balaban J connectivity index is 1.48. The molecule has 6 rings (SSSR count). The molecular weight excluding hydrogens is 597 g/mol. The third-order valence-electron chi connectivity index (χ3n) is 8.65. The summed E-state index contributed by atoms with van der Waals surface area (Å²) in [5.74, 6) is -0.913. The van der Waals surface area contributed by atoms with Crippen molar-refractivity contribution in [2.75, 3.05) is 51.8 Å². The molecule has 4 heterocycles. The van der Waals surface area contributed by atoms with Crippen LogP contribution in [0, 0.1) is 11.3 Å². The number of likely N-dealkylation sites (N-methyl/N-ethyl adjacent to an activating group) is 1. The van der Waals surface area contributed by atoms with Crippen molar-refractivity contribution in [1.29, 1.82) is 5.26 Å². The summed E-state index contributed by atoms with van der Waals surface area (Å²) in [6.45, 7) is 5.30. The van der Waals surface area contributed by atoms with E-state index in [0.29, 0.717) is 46.3 Å². The van der Waals surface area contributed by atoms with Crippen LogP contribution in [0.25, 0.3) is 32.9 Å². The highest BCUT2D eigenvalue weighted by atomic mass is 35.5. The van der Waals surface area contributed by atoms with Gasteiger partial charge in [-0.15, -0.1) is 0 Å². The first-order valence-electron chi connectivity index (χ1n) is 14.8. The topological polar surface area (TPSA) is 108 Å². The van der Waals surface area contributed by atoms with Gasteiger partial charge in [0.05, 0.1) is 25.6 Å². The van der Waals surface area contributed by atoms with Gasteiger partial charge in [0.2, 0.25) is 0 Å². The first-order chi connectivity index (χ1) is 21.8. The van der Waals surface area contributed by atoms with Crippen molar-refractivity contribution in [2.45, 2.75) is 31.3 Å². The molecule has 4 aromatic rings. The van der Waals surface area contributed by atoms with E-state index in [0.717, 1.165) is 35.7 Å². The van der Waals surface area contributed by atoms with E-state index in [2.05, 4.69) is 24.6 Å². The zero-order valence-corrected chi connectivity index (χ0v) is 25.9. The second-order valence-corrected chi connectivity index (χ2v) is 11.7. The summed E-state index contributed by atoms with van der Waals surface area (Å²) >= 11 is 6.69. The lowest BCUT2D eigenvalue weighted by Crippen LogP contribution is -2.55. The van der Waals surface area contributed by atoms with Crippen molar-refractivity contribution in [2.24, 2.45) is 0 Å². The van der Waals surface area contributed by atoms with E-state index in [1.165, 1.54) is 4.90 Å². The van der Waals surface area contributed by atoms with E-state index in [1.807, 2.05) is 41.3 Å². The lowest BCUT2D eigenvalue weighted by molar-refractivity contribution is -0.131. The first kappa shape index (κ1) is 30.5. The standard InChI is InChI=1S/C33H33ClFN7O3/c1-20(35)32(43)42-16-15-41(18-22(42)12-13-36)31-29-28(38-33(39-31)45-19-23-9-6-14-40(23)2)30(44-3)25(17-37-29)24-10-4-7-21-8-5-11-26(34)27(21)24/h4-5,7-8,10-11,17,22-23H,1,6,9,12,14-16,18-19H2,2-3H3. The van der Waals surface area contributed by atoms with Crippen molar-refractivity contribution < 1.29 is 18.7 Å². The fourth-order valence-electron chi connectivity index (χ4n) is 6.33. The second-order valence-electron chi connectivity index (χ2n) is 11.3. The normalized spacial score (nSPS) is 18.7. The molecule has 2 fully saturated rings. The van der Waals surface area contributed by atoms with Gasteiger partial charge in [-0.3, -0.25) is 4.79 Å². The molecule has 2 unspecified atom stereocenters. The van der Waals surface area contributed by atoms with Crippen LogP contribution in [0.15, 0.2) is 55.0 Å². The molecule has 0 aliphatic carbocycles. The van der Waals surface area contributed by atoms with Gasteiger partial charge in [-0.1, -0.05) is 48.5 Å². The lowest BCUT2D eigenvalue weighted by atomic mass is 9.98. The van der Waals surface area contributed by atoms with E-state index >= 15 is 0 Å². The van der Waals surface area contributed by atoms with Crippen molar-refractivity contribution in [3.05, 3.63) is 60.0 Å². The average molecular weight is 630 g/mol. The Labute approximate surface area is 265 Å². The SMILES string of the molecule is C=C(F)C(=O)N1CCN(c2nc(OCC3CCCN3C)nc3c(OC)c(-c4cccc5cccc(Cl)c45)cnc23)CC1CC#N. The highest BCUT2D eigenvalue weighted by molar-refractivity contribution is 6.36. The molecule has 10 nitrogen and oxygen atoms in total. The van der Waals surface area contributed by atoms with E-state index in [1.54, 1.807) is 13.3 Å². The monoisotopic (exact) mass is 629 g/mol. The molecule has 0 bridgehead atoms. The number of ether oxygens (including phenoxy) is 2. The molecule has 0 N–H and O–H groups in total. The number of pyridine rings is 1. The van der Waals surface area contributed by atoms with Gasteiger partial charge in [-0.2, -0.15) is 15.2 Å². The largest absolute Gasteiger partial charge is 0.494 e. The first-order valence-corrected chi connectivity index (χ1v) is 15.2. The molecule has 45 heavy (non-hydrogen) atoms. The maximum absolute atomic E-state index is 13.8. The molecular formula is C33H33ClFN7O3.